The average Bonchev–Trinajstić information content (AvgIpc) is 3.13. The van der Waals surface area contributed by atoms with Gasteiger partial charge in [-0.05, 0) is 17.5 Å². The minimum atomic E-state index is -0.735. The van der Waals surface area contributed by atoms with Gasteiger partial charge in [-0.3, -0.25) is 9.59 Å². The molecule has 2 rings (SSSR count). The molecule has 0 spiro atoms. The monoisotopic (exact) mass is 278 g/mol. The van der Waals surface area contributed by atoms with Crippen LogP contribution in [0.25, 0.3) is 0 Å². The van der Waals surface area contributed by atoms with Crippen LogP contribution >= 0.6 is 0 Å². The number of hydrogen-bond acceptors (Lipinski definition) is 2. The van der Waals surface area contributed by atoms with Gasteiger partial charge in [-0.25, -0.2) is 0 Å². The number of fused-ring (bicyclic) bond motifs is 1. The molecule has 4 nitrogen and oxygen atoms in total. The predicted octanol–water partition coefficient (Wildman–Crippen LogP) is 3.65. The number of carboxylic acid groups (broad SMARTS) is 2. The quantitative estimate of drug-likeness (QED) is 0.746. The zero-order chi connectivity index (χ0) is 15.0. The lowest BCUT2D eigenvalue weighted by Gasteiger charge is -1.95. The highest BCUT2D eigenvalue weighted by molar-refractivity contribution is 5.88. The van der Waals surface area contributed by atoms with Crippen LogP contribution in [0.4, 0.5) is 0 Å². The second-order valence-electron chi connectivity index (χ2n) is 4.96. The van der Waals surface area contributed by atoms with Gasteiger partial charge in [0, 0.05) is 6.42 Å². The molecule has 0 bridgehead atoms. The molecule has 4 heteroatoms. The number of benzene rings is 1. The van der Waals surface area contributed by atoms with Crippen LogP contribution < -0.4 is 0 Å². The maximum absolute atomic E-state index is 10.4. The van der Waals surface area contributed by atoms with Crippen LogP contribution in [0.2, 0.25) is 0 Å². The van der Waals surface area contributed by atoms with Gasteiger partial charge in [-0.15, -0.1) is 0 Å². The molecule has 110 valence electrons. The van der Waals surface area contributed by atoms with Crippen LogP contribution in [-0.4, -0.2) is 22.2 Å². The first-order valence-corrected chi connectivity index (χ1v) is 7.11. The van der Waals surface area contributed by atoms with Crippen LogP contribution in [0.3, 0.4) is 0 Å². The van der Waals surface area contributed by atoms with Gasteiger partial charge >= 0.3 is 11.9 Å². The Morgan fingerprint density at radius 2 is 1.55 bits per heavy atom. The van der Waals surface area contributed by atoms with Crippen molar-refractivity contribution in [3.8, 4) is 0 Å². The molecule has 20 heavy (non-hydrogen) atoms. The number of unbranched alkanes of at least 4 members (excludes halogenated alkanes) is 4. The topological polar surface area (TPSA) is 74.6 Å². The predicted molar refractivity (Wildman–Crippen MR) is 76.9 cm³/mol. The lowest BCUT2D eigenvalue weighted by molar-refractivity contribution is -0.137. The van der Waals surface area contributed by atoms with Gasteiger partial charge in [0.15, 0.2) is 0 Å². The van der Waals surface area contributed by atoms with Gasteiger partial charge in [-0.2, -0.15) is 0 Å². The van der Waals surface area contributed by atoms with Crippen molar-refractivity contribution in [2.24, 2.45) is 0 Å². The standard InChI is InChI=1S/C8H6O2.C8H16O2/c9-8(10)7-5-3-1-2-4-6(5)7;1-2-3-4-5-6-7-8(9)10/h1-4,7H,(H,9,10);2-7H2,1H3,(H,9,10). The second kappa shape index (κ2) is 8.35. The minimum absolute atomic E-state index is 0.296. The molecule has 0 aliphatic heterocycles. The molecule has 0 unspecified atom stereocenters. The van der Waals surface area contributed by atoms with Crippen LogP contribution in [0.15, 0.2) is 24.3 Å². The average molecular weight is 278 g/mol. The van der Waals surface area contributed by atoms with Gasteiger partial charge in [0.1, 0.15) is 5.92 Å². The molecule has 1 aliphatic carbocycles. The van der Waals surface area contributed by atoms with Crippen LogP contribution in [-0.2, 0) is 9.59 Å². The summed E-state index contributed by atoms with van der Waals surface area (Å²) in [5.74, 6) is -1.70. The van der Waals surface area contributed by atoms with Crippen molar-refractivity contribution in [2.45, 2.75) is 51.4 Å². The fraction of sp³-hybridized carbons (Fsp3) is 0.500. The van der Waals surface area contributed by atoms with Gasteiger partial charge in [0.25, 0.3) is 0 Å². The van der Waals surface area contributed by atoms with Crippen molar-refractivity contribution in [3.63, 3.8) is 0 Å². The van der Waals surface area contributed by atoms with Crippen molar-refractivity contribution in [2.75, 3.05) is 0 Å². The van der Waals surface area contributed by atoms with E-state index in [9.17, 15) is 9.59 Å². The van der Waals surface area contributed by atoms with Crippen LogP contribution in [0, 0.1) is 0 Å². The Hall–Kier alpha value is -1.84. The molecular weight excluding hydrogens is 256 g/mol. The highest BCUT2D eigenvalue weighted by atomic mass is 16.4. The summed E-state index contributed by atoms with van der Waals surface area (Å²) in [6, 6.07) is 7.44. The molecule has 0 fully saturated rings. The molecule has 0 atom stereocenters. The zero-order valence-electron chi connectivity index (χ0n) is 11.8. The highest BCUT2D eigenvalue weighted by Crippen LogP contribution is 2.42. The van der Waals surface area contributed by atoms with Gasteiger partial charge in [0.2, 0.25) is 0 Å². The first kappa shape index (κ1) is 16.2. The van der Waals surface area contributed by atoms with E-state index in [0.29, 0.717) is 6.42 Å². The first-order valence-electron chi connectivity index (χ1n) is 7.11. The Morgan fingerprint density at radius 3 is 2.00 bits per heavy atom. The van der Waals surface area contributed by atoms with E-state index in [1.54, 1.807) is 0 Å². The largest absolute Gasteiger partial charge is 0.481 e. The maximum atomic E-state index is 10.4. The molecule has 1 aliphatic rings. The first-order chi connectivity index (χ1) is 9.57. The Labute approximate surface area is 119 Å². The van der Waals surface area contributed by atoms with E-state index in [1.807, 2.05) is 24.3 Å². The summed E-state index contributed by atoms with van der Waals surface area (Å²) in [4.78, 5) is 20.5. The van der Waals surface area contributed by atoms with E-state index in [1.165, 1.54) is 19.3 Å². The molecule has 1 aromatic carbocycles. The number of carbonyl (C=O) groups is 2. The zero-order valence-corrected chi connectivity index (χ0v) is 11.8. The van der Waals surface area contributed by atoms with E-state index in [4.69, 9.17) is 10.2 Å². The van der Waals surface area contributed by atoms with Crippen molar-refractivity contribution < 1.29 is 19.8 Å². The highest BCUT2D eigenvalue weighted by Gasteiger charge is 2.37. The molecular formula is C16H22O4. The Kier molecular flexibility index (Phi) is 6.77. The molecule has 0 amide bonds. The SMILES string of the molecule is CCCCCCCC(=O)O.O=C(O)C1c2ccccc21. The third-order valence-corrected chi connectivity index (χ3v) is 3.28. The fourth-order valence-corrected chi connectivity index (χ4v) is 2.11. The summed E-state index contributed by atoms with van der Waals surface area (Å²) in [6.45, 7) is 2.15. The van der Waals surface area contributed by atoms with Gasteiger partial charge in [-0.1, -0.05) is 56.9 Å². The third kappa shape index (κ3) is 5.43. The number of aliphatic carboxylic acids is 2. The minimum Gasteiger partial charge on any atom is -0.481 e. The Bertz CT molecular complexity index is 431. The normalized spacial score (nSPS) is 12.1. The van der Waals surface area contributed by atoms with Gasteiger partial charge in [0.05, 0.1) is 0 Å². The third-order valence-electron chi connectivity index (χ3n) is 3.28. The van der Waals surface area contributed by atoms with E-state index in [2.05, 4.69) is 6.92 Å². The van der Waals surface area contributed by atoms with E-state index < -0.39 is 11.9 Å². The van der Waals surface area contributed by atoms with Gasteiger partial charge < -0.3 is 10.2 Å². The van der Waals surface area contributed by atoms with E-state index in [-0.39, 0.29) is 5.92 Å². The number of rotatable bonds is 7. The molecule has 2 N–H and O–H groups in total. The summed E-state index contributed by atoms with van der Waals surface area (Å²) >= 11 is 0. The molecule has 0 aromatic heterocycles. The summed E-state index contributed by atoms with van der Waals surface area (Å²) in [5.41, 5.74) is 1.94. The summed E-state index contributed by atoms with van der Waals surface area (Å²) in [6.07, 6.45) is 5.88. The summed E-state index contributed by atoms with van der Waals surface area (Å²) < 4.78 is 0. The number of carboxylic acids is 2. The van der Waals surface area contributed by atoms with Crippen LogP contribution in [0.1, 0.15) is 62.5 Å². The second-order valence-corrected chi connectivity index (χ2v) is 4.96. The summed E-state index contributed by atoms with van der Waals surface area (Å²) in [7, 11) is 0. The van der Waals surface area contributed by atoms with E-state index >= 15 is 0 Å². The lowest BCUT2D eigenvalue weighted by atomic mass is 10.1. The molecule has 0 saturated carbocycles. The van der Waals surface area contributed by atoms with Crippen LogP contribution in [0.5, 0.6) is 0 Å². The summed E-state index contributed by atoms with van der Waals surface area (Å²) in [5, 5.41) is 16.8. The van der Waals surface area contributed by atoms with Crippen molar-refractivity contribution in [3.05, 3.63) is 35.4 Å². The number of hydrogen-bond donors (Lipinski definition) is 2. The fourth-order valence-electron chi connectivity index (χ4n) is 2.11. The maximum Gasteiger partial charge on any atom is 0.315 e. The molecule has 0 saturated heterocycles. The molecule has 1 aromatic rings. The van der Waals surface area contributed by atoms with E-state index in [0.717, 1.165) is 24.0 Å². The molecule has 0 radical (unpaired) electrons. The van der Waals surface area contributed by atoms with Crippen molar-refractivity contribution in [1.82, 2.24) is 0 Å². The van der Waals surface area contributed by atoms with Crippen molar-refractivity contribution in [1.29, 1.82) is 0 Å². The Morgan fingerprint density at radius 1 is 1.00 bits per heavy atom. The van der Waals surface area contributed by atoms with Crippen molar-refractivity contribution >= 4 is 11.9 Å². The lowest BCUT2D eigenvalue weighted by Crippen LogP contribution is -1.94. The molecule has 0 heterocycles. The Balaban J connectivity index is 0.000000200. The smallest absolute Gasteiger partial charge is 0.315 e.